The normalized spacial score (nSPS) is 12.5. The highest BCUT2D eigenvalue weighted by Gasteiger charge is 2.10. The molecule has 0 aliphatic carbocycles. The summed E-state index contributed by atoms with van der Waals surface area (Å²) in [5.74, 6) is -0.105. The molecule has 4 nitrogen and oxygen atoms in total. The minimum Gasteiger partial charge on any atom is -0.399 e. The van der Waals surface area contributed by atoms with E-state index in [1.807, 2.05) is 14.1 Å². The lowest BCUT2D eigenvalue weighted by molar-refractivity contribution is 0.0943. The number of amides is 1. The molecule has 0 saturated carbocycles. The van der Waals surface area contributed by atoms with Crippen molar-refractivity contribution in [3.8, 4) is 0 Å². The van der Waals surface area contributed by atoms with Crippen molar-refractivity contribution >= 4 is 27.5 Å². The molecule has 1 aromatic rings. The van der Waals surface area contributed by atoms with Gasteiger partial charge in [0.1, 0.15) is 0 Å². The first-order valence-corrected chi connectivity index (χ1v) is 6.20. The van der Waals surface area contributed by atoms with E-state index in [0.717, 1.165) is 4.47 Å². The van der Waals surface area contributed by atoms with Gasteiger partial charge < -0.3 is 16.0 Å². The first-order chi connectivity index (χ1) is 7.90. The van der Waals surface area contributed by atoms with Gasteiger partial charge in [0.05, 0.1) is 0 Å². The Morgan fingerprint density at radius 2 is 2.12 bits per heavy atom. The Hall–Kier alpha value is -1.07. The lowest BCUT2D eigenvalue weighted by atomic mass is 10.2. The number of likely N-dealkylation sites (N-methyl/N-ethyl adjacent to an activating group) is 1. The number of nitrogen functional groups attached to an aromatic ring is 1. The van der Waals surface area contributed by atoms with E-state index in [4.69, 9.17) is 5.73 Å². The highest BCUT2D eigenvalue weighted by Crippen LogP contribution is 2.17. The van der Waals surface area contributed by atoms with Gasteiger partial charge in [-0.25, -0.2) is 0 Å². The second-order valence-electron chi connectivity index (χ2n) is 4.30. The first kappa shape index (κ1) is 14.0. The van der Waals surface area contributed by atoms with Crippen molar-refractivity contribution in [3.05, 3.63) is 28.2 Å². The van der Waals surface area contributed by atoms with E-state index >= 15 is 0 Å². The quantitative estimate of drug-likeness (QED) is 0.832. The van der Waals surface area contributed by atoms with Gasteiger partial charge in [0.15, 0.2) is 0 Å². The maximum Gasteiger partial charge on any atom is 0.251 e. The third kappa shape index (κ3) is 4.36. The largest absolute Gasteiger partial charge is 0.399 e. The molecule has 1 amide bonds. The standard InChI is InChI=1S/C12H18BrN3O/c1-8(16(2)3)7-15-12(17)9-4-10(13)6-11(14)5-9/h4-6,8H,7,14H2,1-3H3,(H,15,17). The number of carbonyl (C=O) groups excluding carboxylic acids is 1. The van der Waals surface area contributed by atoms with Crippen molar-refractivity contribution in [3.63, 3.8) is 0 Å². The molecule has 0 heterocycles. The van der Waals surface area contributed by atoms with Crippen molar-refractivity contribution < 1.29 is 4.79 Å². The Morgan fingerprint density at radius 1 is 1.47 bits per heavy atom. The molecular formula is C12H18BrN3O. The van der Waals surface area contributed by atoms with Crippen LogP contribution in [0.25, 0.3) is 0 Å². The van der Waals surface area contributed by atoms with Crippen molar-refractivity contribution in [2.45, 2.75) is 13.0 Å². The van der Waals surface area contributed by atoms with Crippen molar-refractivity contribution in [2.75, 3.05) is 26.4 Å². The van der Waals surface area contributed by atoms with Gasteiger partial charge in [0.25, 0.3) is 5.91 Å². The molecule has 0 aromatic heterocycles. The molecule has 0 radical (unpaired) electrons. The summed E-state index contributed by atoms with van der Waals surface area (Å²) in [5, 5.41) is 2.88. The van der Waals surface area contributed by atoms with Gasteiger partial charge >= 0.3 is 0 Å². The summed E-state index contributed by atoms with van der Waals surface area (Å²) in [7, 11) is 3.96. The Morgan fingerprint density at radius 3 is 2.65 bits per heavy atom. The predicted molar refractivity (Wildman–Crippen MR) is 74.0 cm³/mol. The fourth-order valence-corrected chi connectivity index (χ4v) is 1.78. The number of benzene rings is 1. The van der Waals surface area contributed by atoms with Gasteiger partial charge in [-0.2, -0.15) is 0 Å². The number of hydrogen-bond donors (Lipinski definition) is 2. The molecule has 17 heavy (non-hydrogen) atoms. The molecule has 5 heteroatoms. The molecule has 1 aromatic carbocycles. The third-order valence-electron chi connectivity index (χ3n) is 2.62. The van der Waals surface area contributed by atoms with E-state index in [9.17, 15) is 4.79 Å². The van der Waals surface area contributed by atoms with Crippen LogP contribution < -0.4 is 11.1 Å². The van der Waals surface area contributed by atoms with Gasteiger partial charge in [-0.05, 0) is 39.2 Å². The van der Waals surface area contributed by atoms with Crippen LogP contribution in [0, 0.1) is 0 Å². The van der Waals surface area contributed by atoms with Crippen LogP contribution in [-0.4, -0.2) is 37.5 Å². The molecule has 94 valence electrons. The van der Waals surface area contributed by atoms with Crippen LogP contribution in [0.4, 0.5) is 5.69 Å². The first-order valence-electron chi connectivity index (χ1n) is 5.41. The second kappa shape index (κ2) is 6.02. The maximum atomic E-state index is 11.9. The molecule has 0 bridgehead atoms. The van der Waals surface area contributed by atoms with Gasteiger partial charge in [0.2, 0.25) is 0 Å². The average Bonchev–Trinajstić information content (AvgIpc) is 2.23. The Labute approximate surface area is 110 Å². The maximum absolute atomic E-state index is 11.9. The number of rotatable bonds is 4. The number of hydrogen-bond acceptors (Lipinski definition) is 3. The SMILES string of the molecule is CC(CNC(=O)c1cc(N)cc(Br)c1)N(C)C. The number of anilines is 1. The smallest absolute Gasteiger partial charge is 0.251 e. The number of nitrogens with two attached hydrogens (primary N) is 1. The number of nitrogens with zero attached hydrogens (tertiary/aromatic N) is 1. The van der Waals surface area contributed by atoms with Crippen LogP contribution >= 0.6 is 15.9 Å². The van der Waals surface area contributed by atoms with Gasteiger partial charge in [-0.1, -0.05) is 15.9 Å². The minimum absolute atomic E-state index is 0.105. The number of halogens is 1. The zero-order chi connectivity index (χ0) is 13.0. The van der Waals surface area contributed by atoms with Crippen LogP contribution in [0.2, 0.25) is 0 Å². The van der Waals surface area contributed by atoms with E-state index in [1.165, 1.54) is 0 Å². The van der Waals surface area contributed by atoms with Gasteiger partial charge in [-0.3, -0.25) is 4.79 Å². The van der Waals surface area contributed by atoms with Crippen LogP contribution in [0.1, 0.15) is 17.3 Å². The molecule has 0 spiro atoms. The zero-order valence-corrected chi connectivity index (χ0v) is 11.9. The Bertz CT molecular complexity index is 386. The van der Waals surface area contributed by atoms with Crippen LogP contribution in [0.15, 0.2) is 22.7 Å². The molecule has 0 saturated heterocycles. The predicted octanol–water partition coefficient (Wildman–Crippen LogP) is 1.71. The molecule has 0 aliphatic heterocycles. The fraction of sp³-hybridized carbons (Fsp3) is 0.417. The Kier molecular flexibility index (Phi) is 4.96. The summed E-state index contributed by atoms with van der Waals surface area (Å²) in [6, 6.07) is 5.48. The summed E-state index contributed by atoms with van der Waals surface area (Å²) in [5.41, 5.74) is 6.83. The van der Waals surface area contributed by atoms with E-state index in [-0.39, 0.29) is 5.91 Å². The van der Waals surface area contributed by atoms with Crippen molar-refractivity contribution in [2.24, 2.45) is 0 Å². The highest BCUT2D eigenvalue weighted by atomic mass is 79.9. The van der Waals surface area contributed by atoms with Gasteiger partial charge in [-0.15, -0.1) is 0 Å². The summed E-state index contributed by atoms with van der Waals surface area (Å²) < 4.78 is 0.809. The number of nitrogens with one attached hydrogen (secondary N) is 1. The van der Waals surface area contributed by atoms with Crippen LogP contribution in [-0.2, 0) is 0 Å². The summed E-state index contributed by atoms with van der Waals surface area (Å²) in [6.07, 6.45) is 0. The molecular weight excluding hydrogens is 282 g/mol. The lowest BCUT2D eigenvalue weighted by Crippen LogP contribution is -2.38. The van der Waals surface area contributed by atoms with Gasteiger partial charge in [0, 0.05) is 28.3 Å². The molecule has 1 atom stereocenters. The second-order valence-corrected chi connectivity index (χ2v) is 5.21. The third-order valence-corrected chi connectivity index (χ3v) is 3.08. The lowest BCUT2D eigenvalue weighted by Gasteiger charge is -2.20. The molecule has 1 unspecified atom stereocenters. The number of carbonyl (C=O) groups is 1. The highest BCUT2D eigenvalue weighted by molar-refractivity contribution is 9.10. The average molecular weight is 300 g/mol. The molecule has 3 N–H and O–H groups in total. The summed E-state index contributed by atoms with van der Waals surface area (Å²) in [6.45, 7) is 2.66. The molecule has 0 aliphatic rings. The van der Waals surface area contributed by atoms with E-state index in [2.05, 4.69) is 33.1 Å². The summed E-state index contributed by atoms with van der Waals surface area (Å²) >= 11 is 3.32. The van der Waals surface area contributed by atoms with Crippen molar-refractivity contribution in [1.82, 2.24) is 10.2 Å². The monoisotopic (exact) mass is 299 g/mol. The van der Waals surface area contributed by atoms with E-state index < -0.39 is 0 Å². The Balaban J connectivity index is 2.64. The van der Waals surface area contributed by atoms with Crippen LogP contribution in [0.5, 0.6) is 0 Å². The molecule has 1 rings (SSSR count). The van der Waals surface area contributed by atoms with Crippen LogP contribution in [0.3, 0.4) is 0 Å². The minimum atomic E-state index is -0.105. The van der Waals surface area contributed by atoms with Crippen molar-refractivity contribution in [1.29, 1.82) is 0 Å². The summed E-state index contributed by atoms with van der Waals surface area (Å²) in [4.78, 5) is 13.9. The topological polar surface area (TPSA) is 58.4 Å². The zero-order valence-electron chi connectivity index (χ0n) is 10.3. The fourth-order valence-electron chi connectivity index (χ4n) is 1.27. The van der Waals surface area contributed by atoms with E-state index in [0.29, 0.717) is 23.8 Å². The molecule has 0 fully saturated rings. The van der Waals surface area contributed by atoms with E-state index in [1.54, 1.807) is 18.2 Å².